The van der Waals surface area contributed by atoms with Gasteiger partial charge >= 0.3 is 0 Å². The average Bonchev–Trinajstić information content (AvgIpc) is 2.72. The van der Waals surface area contributed by atoms with Gasteiger partial charge in [0.2, 0.25) is 0 Å². The first-order chi connectivity index (χ1) is 13.9. The zero-order valence-corrected chi connectivity index (χ0v) is 20.8. The Hall–Kier alpha value is -2.29. The Morgan fingerprint density at radius 2 is 1.87 bits per heavy atom. The molecule has 0 aliphatic heterocycles. The summed E-state index contributed by atoms with van der Waals surface area (Å²) in [5.74, 6) is 1.69. The Bertz CT molecular complexity index is 853. The summed E-state index contributed by atoms with van der Waals surface area (Å²) >= 11 is 0. The molecule has 1 amide bonds. The van der Waals surface area contributed by atoms with E-state index in [0.717, 1.165) is 35.8 Å². The van der Waals surface area contributed by atoms with Crippen molar-refractivity contribution in [2.45, 2.75) is 26.8 Å². The molecule has 0 heterocycles. The number of benzene rings is 2. The minimum absolute atomic E-state index is 0. The number of hydrogen-bond acceptors (Lipinski definition) is 3. The normalized spacial score (nSPS) is 10.8. The largest absolute Gasteiger partial charge is 0.494 e. The van der Waals surface area contributed by atoms with Crippen molar-refractivity contribution in [3.8, 4) is 5.75 Å². The second kappa shape index (κ2) is 13.1. The van der Waals surface area contributed by atoms with E-state index >= 15 is 0 Å². The van der Waals surface area contributed by atoms with Crippen LogP contribution in [-0.4, -0.2) is 51.1 Å². The second-order valence-electron chi connectivity index (χ2n) is 7.04. The molecule has 0 aromatic heterocycles. The van der Waals surface area contributed by atoms with E-state index in [0.29, 0.717) is 18.7 Å². The lowest BCUT2D eigenvalue weighted by Gasteiger charge is -2.14. The monoisotopic (exact) mass is 524 g/mol. The number of ether oxygens (including phenoxy) is 1. The molecule has 164 valence electrons. The van der Waals surface area contributed by atoms with Crippen LogP contribution in [-0.2, 0) is 13.0 Å². The standard InChI is InChI=1S/C23H32N4O2.HI/c1-6-29-21-11-10-19(14-17(21)2)16-26-23(24-3)25-13-12-18-8-7-9-20(15-18)22(28)27(4)5;/h7-11,14-15H,6,12-13,16H2,1-5H3,(H2,24,25,26);1H. The van der Waals surface area contributed by atoms with Crippen LogP contribution in [0.4, 0.5) is 0 Å². The molecule has 0 unspecified atom stereocenters. The first-order valence-electron chi connectivity index (χ1n) is 9.92. The number of aryl methyl sites for hydroxylation is 1. The Balaban J connectivity index is 0.00000450. The van der Waals surface area contributed by atoms with Crippen LogP contribution < -0.4 is 15.4 Å². The molecule has 0 bridgehead atoms. The number of carbonyl (C=O) groups excluding carboxylic acids is 1. The topological polar surface area (TPSA) is 66.0 Å². The number of nitrogens with zero attached hydrogens (tertiary/aromatic N) is 2. The van der Waals surface area contributed by atoms with Crippen molar-refractivity contribution >= 4 is 35.8 Å². The van der Waals surface area contributed by atoms with E-state index in [2.05, 4.69) is 34.7 Å². The summed E-state index contributed by atoms with van der Waals surface area (Å²) in [7, 11) is 5.28. The van der Waals surface area contributed by atoms with Crippen molar-refractivity contribution in [2.24, 2.45) is 4.99 Å². The molecule has 0 aliphatic carbocycles. The van der Waals surface area contributed by atoms with Crippen LogP contribution in [0.5, 0.6) is 5.75 Å². The van der Waals surface area contributed by atoms with E-state index in [-0.39, 0.29) is 29.9 Å². The lowest BCUT2D eigenvalue weighted by Crippen LogP contribution is -2.37. The van der Waals surface area contributed by atoms with Crippen molar-refractivity contribution < 1.29 is 9.53 Å². The van der Waals surface area contributed by atoms with Crippen molar-refractivity contribution in [2.75, 3.05) is 34.3 Å². The first-order valence-corrected chi connectivity index (χ1v) is 9.92. The van der Waals surface area contributed by atoms with Gasteiger partial charge in [-0.1, -0.05) is 24.3 Å². The molecular weight excluding hydrogens is 491 g/mol. The van der Waals surface area contributed by atoms with Crippen LogP contribution in [0, 0.1) is 6.92 Å². The van der Waals surface area contributed by atoms with Gasteiger partial charge in [0.15, 0.2) is 5.96 Å². The number of amides is 1. The predicted octanol–water partition coefficient (Wildman–Crippen LogP) is 3.62. The lowest BCUT2D eigenvalue weighted by atomic mass is 10.1. The van der Waals surface area contributed by atoms with Crippen LogP contribution >= 0.6 is 24.0 Å². The molecule has 6 nitrogen and oxygen atoms in total. The van der Waals surface area contributed by atoms with Crippen molar-refractivity contribution in [3.63, 3.8) is 0 Å². The maximum atomic E-state index is 12.1. The van der Waals surface area contributed by atoms with E-state index < -0.39 is 0 Å². The molecule has 2 aromatic rings. The highest BCUT2D eigenvalue weighted by atomic mass is 127. The Morgan fingerprint density at radius 1 is 1.10 bits per heavy atom. The zero-order chi connectivity index (χ0) is 21.2. The van der Waals surface area contributed by atoms with Gasteiger partial charge in [0, 0.05) is 39.8 Å². The maximum Gasteiger partial charge on any atom is 0.253 e. The number of rotatable bonds is 8. The maximum absolute atomic E-state index is 12.1. The first kappa shape index (κ1) is 25.7. The third-order valence-corrected chi connectivity index (χ3v) is 4.51. The van der Waals surface area contributed by atoms with Gasteiger partial charge in [-0.2, -0.15) is 0 Å². The SMILES string of the molecule is CCOc1ccc(CNC(=NC)NCCc2cccc(C(=O)N(C)C)c2)cc1C.I. The number of carbonyl (C=O) groups is 1. The summed E-state index contributed by atoms with van der Waals surface area (Å²) < 4.78 is 5.59. The molecule has 0 aliphatic rings. The Morgan fingerprint density at radius 3 is 2.50 bits per heavy atom. The molecular formula is C23H33IN4O2. The van der Waals surface area contributed by atoms with Gasteiger partial charge < -0.3 is 20.3 Å². The summed E-state index contributed by atoms with van der Waals surface area (Å²) in [4.78, 5) is 18.0. The zero-order valence-electron chi connectivity index (χ0n) is 18.5. The number of aliphatic imine (C=N–C) groups is 1. The van der Waals surface area contributed by atoms with Gasteiger partial charge in [-0.25, -0.2) is 0 Å². The van der Waals surface area contributed by atoms with Gasteiger partial charge in [0.25, 0.3) is 5.91 Å². The van der Waals surface area contributed by atoms with Crippen molar-refractivity contribution in [1.29, 1.82) is 0 Å². The van der Waals surface area contributed by atoms with Gasteiger partial charge in [-0.3, -0.25) is 9.79 Å². The van der Waals surface area contributed by atoms with E-state index in [9.17, 15) is 4.79 Å². The molecule has 0 saturated heterocycles. The number of hydrogen-bond donors (Lipinski definition) is 2. The Labute approximate surface area is 197 Å². The van der Waals surface area contributed by atoms with E-state index in [1.165, 1.54) is 5.56 Å². The summed E-state index contributed by atoms with van der Waals surface area (Å²) in [6, 6.07) is 13.9. The highest BCUT2D eigenvalue weighted by Gasteiger charge is 2.08. The minimum Gasteiger partial charge on any atom is -0.494 e. The summed E-state index contributed by atoms with van der Waals surface area (Å²) in [5.41, 5.74) is 4.12. The van der Waals surface area contributed by atoms with Crippen LogP contribution in [0.1, 0.15) is 34.0 Å². The molecule has 2 rings (SSSR count). The smallest absolute Gasteiger partial charge is 0.253 e. The molecule has 2 N–H and O–H groups in total. The molecule has 0 fully saturated rings. The van der Waals surface area contributed by atoms with E-state index in [1.54, 1.807) is 26.0 Å². The molecule has 7 heteroatoms. The van der Waals surface area contributed by atoms with E-state index in [4.69, 9.17) is 4.74 Å². The summed E-state index contributed by atoms with van der Waals surface area (Å²) in [6.45, 7) is 6.11. The van der Waals surface area contributed by atoms with Crippen molar-refractivity contribution in [1.82, 2.24) is 15.5 Å². The van der Waals surface area contributed by atoms with Gasteiger partial charge in [0.05, 0.1) is 6.61 Å². The van der Waals surface area contributed by atoms with Gasteiger partial charge in [-0.15, -0.1) is 24.0 Å². The van der Waals surface area contributed by atoms with Gasteiger partial charge in [-0.05, 0) is 55.2 Å². The fourth-order valence-electron chi connectivity index (χ4n) is 2.99. The molecule has 0 spiro atoms. The fraction of sp³-hybridized carbons (Fsp3) is 0.391. The van der Waals surface area contributed by atoms with Crippen LogP contribution in [0.2, 0.25) is 0 Å². The predicted molar refractivity (Wildman–Crippen MR) is 134 cm³/mol. The average molecular weight is 524 g/mol. The van der Waals surface area contributed by atoms with Crippen LogP contribution in [0.25, 0.3) is 0 Å². The fourth-order valence-corrected chi connectivity index (χ4v) is 2.99. The number of halogens is 1. The molecule has 30 heavy (non-hydrogen) atoms. The van der Waals surface area contributed by atoms with Crippen LogP contribution in [0.3, 0.4) is 0 Å². The highest BCUT2D eigenvalue weighted by Crippen LogP contribution is 2.19. The summed E-state index contributed by atoms with van der Waals surface area (Å²) in [5, 5.41) is 6.66. The third-order valence-electron chi connectivity index (χ3n) is 4.51. The highest BCUT2D eigenvalue weighted by molar-refractivity contribution is 14.0. The lowest BCUT2D eigenvalue weighted by molar-refractivity contribution is 0.0827. The van der Waals surface area contributed by atoms with Gasteiger partial charge in [0.1, 0.15) is 5.75 Å². The molecule has 0 atom stereocenters. The van der Waals surface area contributed by atoms with E-state index in [1.807, 2.05) is 37.3 Å². The number of nitrogens with one attached hydrogen (secondary N) is 2. The number of guanidine groups is 1. The third kappa shape index (κ3) is 7.85. The van der Waals surface area contributed by atoms with Crippen molar-refractivity contribution in [3.05, 3.63) is 64.7 Å². The summed E-state index contributed by atoms with van der Waals surface area (Å²) in [6.07, 6.45) is 0.803. The molecule has 0 saturated carbocycles. The second-order valence-corrected chi connectivity index (χ2v) is 7.04. The minimum atomic E-state index is 0. The Kier molecular flexibility index (Phi) is 11.2. The van der Waals surface area contributed by atoms with Crippen LogP contribution in [0.15, 0.2) is 47.5 Å². The molecule has 0 radical (unpaired) electrons. The quantitative estimate of drug-likeness (QED) is 0.315. The molecule has 2 aromatic carbocycles.